The molecular weight excluding hydrogens is 635 g/mol. The molecule has 0 aliphatic rings. The molecule has 5 N–H and O–H groups in total. The molecule has 0 aliphatic carbocycles. The molecule has 2 heterocycles. The van der Waals surface area contributed by atoms with Crippen LogP contribution in [0.4, 0.5) is 5.95 Å². The number of aromatic nitrogens is 4. The molecule has 0 fully saturated rings. The lowest BCUT2D eigenvalue weighted by molar-refractivity contribution is -0.148. The third-order valence-corrected chi connectivity index (χ3v) is 8.98. The fourth-order valence-corrected chi connectivity index (χ4v) is 6.32. The molecule has 4 aromatic rings. The third kappa shape index (κ3) is 9.16. The van der Waals surface area contributed by atoms with E-state index >= 15 is 0 Å². The van der Waals surface area contributed by atoms with Gasteiger partial charge in [0.05, 0.1) is 25.6 Å². The number of ether oxygens (including phenoxy) is 2. The number of benzene rings is 2. The maximum absolute atomic E-state index is 14.3. The minimum absolute atomic E-state index is 0.0512. The summed E-state index contributed by atoms with van der Waals surface area (Å²) in [6.45, 7) is 8.05. The number of nitrogens with one attached hydrogen (secondary N) is 1. The van der Waals surface area contributed by atoms with Crippen LogP contribution in [0.25, 0.3) is 21.9 Å². The average molecular weight is 677 g/mol. The van der Waals surface area contributed by atoms with Crippen molar-refractivity contribution < 1.29 is 38.1 Å². The summed E-state index contributed by atoms with van der Waals surface area (Å²) in [5.74, 6) is -0.366. The van der Waals surface area contributed by atoms with E-state index in [1.165, 1.54) is 31.9 Å². The summed E-state index contributed by atoms with van der Waals surface area (Å²) >= 11 is 1.36. The number of aliphatic hydroxyl groups excluding tert-OH is 2. The van der Waals surface area contributed by atoms with E-state index in [0.29, 0.717) is 21.6 Å². The van der Waals surface area contributed by atoms with Crippen LogP contribution in [0.3, 0.4) is 0 Å². The van der Waals surface area contributed by atoms with Crippen LogP contribution in [0.5, 0.6) is 5.75 Å². The molecule has 0 radical (unpaired) electrons. The van der Waals surface area contributed by atoms with Gasteiger partial charge in [-0.15, -0.1) is 11.8 Å². The van der Waals surface area contributed by atoms with E-state index in [2.05, 4.69) is 20.0 Å². The lowest BCUT2D eigenvalue weighted by Crippen LogP contribution is -2.42. The quantitative estimate of drug-likeness (QED) is 0.0607. The number of anilines is 1. The van der Waals surface area contributed by atoms with Gasteiger partial charge in [0.25, 0.3) is 0 Å². The zero-order chi connectivity index (χ0) is 33.6. The maximum atomic E-state index is 14.3. The highest BCUT2D eigenvalue weighted by Gasteiger charge is 2.36. The van der Waals surface area contributed by atoms with Crippen molar-refractivity contribution in [1.82, 2.24) is 24.6 Å². The van der Waals surface area contributed by atoms with Crippen molar-refractivity contribution in [2.24, 2.45) is 5.41 Å². The number of rotatable bonds is 15. The summed E-state index contributed by atoms with van der Waals surface area (Å²) in [5, 5.41) is 25.8. The summed E-state index contributed by atoms with van der Waals surface area (Å²) in [5.41, 5.74) is 6.50. The Morgan fingerprint density at radius 3 is 2.54 bits per heavy atom. The van der Waals surface area contributed by atoms with Crippen LogP contribution in [0.15, 0.2) is 53.8 Å². The van der Waals surface area contributed by atoms with E-state index in [-0.39, 0.29) is 30.5 Å². The smallest absolute Gasteiger partial charge is 0.459 e. The van der Waals surface area contributed by atoms with Gasteiger partial charge in [-0.05, 0) is 37.0 Å². The molecule has 2 aromatic heterocycles. The molecule has 14 nitrogen and oxygen atoms in total. The van der Waals surface area contributed by atoms with Gasteiger partial charge < -0.3 is 29.9 Å². The average Bonchev–Trinajstić information content (AvgIpc) is 3.41. The van der Waals surface area contributed by atoms with Gasteiger partial charge >= 0.3 is 13.7 Å². The van der Waals surface area contributed by atoms with Crippen LogP contribution in [0, 0.1) is 5.41 Å². The molecule has 4 rings (SSSR count). The minimum atomic E-state index is -4.37. The first-order valence-corrected chi connectivity index (χ1v) is 17.3. The lowest BCUT2D eigenvalue weighted by atomic mass is 9.99. The van der Waals surface area contributed by atoms with Crippen molar-refractivity contribution in [2.75, 3.05) is 25.2 Å². The van der Waals surface area contributed by atoms with Gasteiger partial charge in [0.15, 0.2) is 5.65 Å². The highest BCUT2D eigenvalue weighted by molar-refractivity contribution is 7.98. The molecule has 2 unspecified atom stereocenters. The molecule has 46 heavy (non-hydrogen) atoms. The number of nitrogens with zero attached hydrogens (tertiary/aromatic N) is 4. The molecule has 0 saturated carbocycles. The fourth-order valence-electron chi connectivity index (χ4n) is 4.27. The van der Waals surface area contributed by atoms with E-state index in [0.717, 1.165) is 5.39 Å². The number of hydrogen-bond donors (Lipinski definition) is 4. The Morgan fingerprint density at radius 2 is 1.85 bits per heavy atom. The Bertz CT molecular complexity index is 1690. The van der Waals surface area contributed by atoms with Crippen LogP contribution in [-0.4, -0.2) is 79.5 Å². The molecule has 16 heteroatoms. The van der Waals surface area contributed by atoms with Gasteiger partial charge in [0.1, 0.15) is 41.3 Å². The summed E-state index contributed by atoms with van der Waals surface area (Å²) < 4.78 is 39.1. The Balaban J connectivity index is 1.58. The van der Waals surface area contributed by atoms with Crippen molar-refractivity contribution in [3.63, 3.8) is 0 Å². The number of thioether (sulfide) groups is 1. The molecule has 5 atom stereocenters. The second-order valence-electron chi connectivity index (χ2n) is 11.9. The normalized spacial score (nSPS) is 16.1. The van der Waals surface area contributed by atoms with Gasteiger partial charge in [-0.2, -0.15) is 10.1 Å². The zero-order valence-electron chi connectivity index (χ0n) is 26.6. The van der Waals surface area contributed by atoms with Crippen molar-refractivity contribution >= 4 is 53.4 Å². The number of aliphatic hydroxyl groups is 2. The number of nitrogens with two attached hydrogens (primary N) is 1. The van der Waals surface area contributed by atoms with E-state index in [1.807, 2.05) is 51.3 Å². The Kier molecular flexibility index (Phi) is 11.6. The van der Waals surface area contributed by atoms with Gasteiger partial charge in [-0.3, -0.25) is 13.9 Å². The summed E-state index contributed by atoms with van der Waals surface area (Å²) in [6, 6.07) is 11.5. The summed E-state index contributed by atoms with van der Waals surface area (Å²) in [6.07, 6.45) is -0.609. The third-order valence-electron chi connectivity index (χ3n) is 6.68. The number of fused-ring (bicyclic) bond motifs is 2. The first-order chi connectivity index (χ1) is 21.7. The molecule has 0 amide bonds. The van der Waals surface area contributed by atoms with Gasteiger partial charge in [0, 0.05) is 5.39 Å². The molecule has 0 aliphatic heterocycles. The highest BCUT2D eigenvalue weighted by Crippen LogP contribution is 2.47. The molecule has 0 bridgehead atoms. The van der Waals surface area contributed by atoms with Gasteiger partial charge in [-0.25, -0.2) is 14.5 Å². The topological polar surface area (TPSA) is 193 Å². The minimum Gasteiger partial charge on any atom is -0.464 e. The van der Waals surface area contributed by atoms with Crippen LogP contribution in [-0.2, 0) is 30.1 Å². The summed E-state index contributed by atoms with van der Waals surface area (Å²) in [7, 11) is -4.37. The van der Waals surface area contributed by atoms with Crippen LogP contribution in [0.1, 0.15) is 34.6 Å². The van der Waals surface area contributed by atoms with Crippen molar-refractivity contribution in [3.8, 4) is 5.75 Å². The Morgan fingerprint density at radius 1 is 1.13 bits per heavy atom. The number of hydrogen-bond acceptors (Lipinski definition) is 13. The van der Waals surface area contributed by atoms with Gasteiger partial charge in [0.2, 0.25) is 5.95 Å². The van der Waals surface area contributed by atoms with E-state index in [4.69, 9.17) is 24.3 Å². The molecule has 0 spiro atoms. The van der Waals surface area contributed by atoms with Crippen molar-refractivity contribution in [2.45, 2.75) is 70.7 Å². The predicted octanol–water partition coefficient (Wildman–Crippen LogP) is 4.14. The van der Waals surface area contributed by atoms with Gasteiger partial charge in [-0.1, -0.05) is 57.2 Å². The molecule has 250 valence electrons. The zero-order valence-corrected chi connectivity index (χ0v) is 28.3. The number of carbonyl (C=O) groups excluding carboxylic acids is 1. The van der Waals surface area contributed by atoms with Crippen molar-refractivity contribution in [3.05, 3.63) is 48.8 Å². The predicted molar refractivity (Wildman–Crippen MR) is 175 cm³/mol. The van der Waals surface area contributed by atoms with Crippen LogP contribution < -0.4 is 15.3 Å². The number of carbonyl (C=O) groups is 1. The SMILES string of the molecule is CSc1nc(N)nc2c1ncn2CO[C@H](COP(=O)(N[C@@H](C)C(=O)OCC(C)(C)C)Oc1cccc2ccccc12)[C@@H](O)C(C)O. The first-order valence-electron chi connectivity index (χ1n) is 14.6. The molecule has 2 aromatic carbocycles. The lowest BCUT2D eigenvalue weighted by Gasteiger charge is -2.28. The molecule has 0 saturated heterocycles. The number of esters is 1. The number of nitrogen functional groups attached to an aromatic ring is 1. The maximum Gasteiger partial charge on any atom is 0.459 e. The number of imidazole rings is 1. The summed E-state index contributed by atoms with van der Waals surface area (Å²) in [4.78, 5) is 25.6. The van der Waals surface area contributed by atoms with Crippen LogP contribution in [0.2, 0.25) is 0 Å². The largest absolute Gasteiger partial charge is 0.464 e. The second kappa shape index (κ2) is 15.1. The highest BCUT2D eigenvalue weighted by atomic mass is 32.2. The molecular formula is C30H41N6O8PS. The van der Waals surface area contributed by atoms with E-state index in [9.17, 15) is 19.6 Å². The monoisotopic (exact) mass is 676 g/mol. The van der Waals surface area contributed by atoms with Crippen LogP contribution >= 0.6 is 19.5 Å². The first kappa shape index (κ1) is 35.6. The Hall–Kier alpha value is -3.30. The van der Waals surface area contributed by atoms with E-state index < -0.39 is 44.7 Å². The second-order valence-corrected chi connectivity index (χ2v) is 14.4. The van der Waals surface area contributed by atoms with E-state index in [1.54, 1.807) is 22.8 Å². The van der Waals surface area contributed by atoms with Crippen molar-refractivity contribution in [1.29, 1.82) is 0 Å². The Labute approximate surface area is 271 Å². The standard InChI is InChI=1S/C30H41N6O8PS/c1-18(28(39)41-15-30(3,4)5)35-45(40,44-22-13-9-11-20-10-7-8-12-21(20)22)43-14-23(25(38)19(2)37)42-17-36-16-32-24-26(36)33-29(31)34-27(24)46-6/h7-13,16,18-19,23,25,37-38H,14-15,17H2,1-6H3,(H,35,40)(H2,31,33,34)/t18-,19?,23+,25-,45?/m0/s1. The fraction of sp³-hybridized carbons (Fsp3) is 0.467.